The molecule has 5 N–H and O–H groups in total. The van der Waals surface area contributed by atoms with Crippen molar-refractivity contribution in [2.75, 3.05) is 11.5 Å². The number of pyridine rings is 1. The predicted octanol–water partition coefficient (Wildman–Crippen LogP) is 0.753. The smallest absolute Gasteiger partial charge is 0.352 e. The normalized spacial score (nSPS) is 19.6. The average molecular weight is 545 g/mol. The molecule has 0 saturated carbocycles. The minimum atomic E-state index is -1.22. The number of aliphatic carboxylic acids is 1. The number of thioether (sulfide) groups is 1. The summed E-state index contributed by atoms with van der Waals surface area (Å²) in [6.45, 7) is 0.285. The Morgan fingerprint density at radius 1 is 1.31 bits per heavy atom. The molecule has 0 aromatic carbocycles. The molecule has 3 aromatic heterocycles. The molecule has 0 unspecified atom stereocenters. The second-order valence-corrected chi connectivity index (χ2v) is 10.6. The van der Waals surface area contributed by atoms with E-state index in [0.717, 1.165) is 21.9 Å². The molecule has 5 rings (SSSR count). The van der Waals surface area contributed by atoms with Crippen molar-refractivity contribution in [2.24, 2.45) is 5.16 Å². The van der Waals surface area contributed by atoms with Crippen LogP contribution in [0.15, 0.2) is 57.9 Å². The van der Waals surface area contributed by atoms with Crippen molar-refractivity contribution in [1.82, 2.24) is 20.2 Å². The second-order valence-electron chi connectivity index (χ2n) is 7.73. The molecule has 5 heterocycles. The zero-order valence-electron chi connectivity index (χ0n) is 18.3. The molecule has 1 saturated heterocycles. The van der Waals surface area contributed by atoms with Gasteiger partial charge in [-0.15, -0.1) is 34.4 Å². The van der Waals surface area contributed by atoms with Crippen LogP contribution in [0.25, 0.3) is 10.6 Å². The van der Waals surface area contributed by atoms with Gasteiger partial charge in [-0.1, -0.05) is 5.16 Å². The van der Waals surface area contributed by atoms with Gasteiger partial charge in [0.2, 0.25) is 0 Å². The number of carbonyl (C=O) groups excluding carboxylic acids is 2. The summed E-state index contributed by atoms with van der Waals surface area (Å²) in [6.07, 6.45) is 5.40. The van der Waals surface area contributed by atoms with Crippen molar-refractivity contribution in [3.8, 4) is 10.6 Å². The summed E-state index contributed by atoms with van der Waals surface area (Å²) in [5.41, 5.74) is 6.69. The molecule has 184 valence electrons. The van der Waals surface area contributed by atoms with E-state index in [9.17, 15) is 24.7 Å². The molecule has 36 heavy (non-hydrogen) atoms. The minimum Gasteiger partial charge on any atom is -0.477 e. The Bertz CT molecular complexity index is 1400. The maximum absolute atomic E-state index is 12.9. The van der Waals surface area contributed by atoms with Gasteiger partial charge in [0, 0.05) is 46.0 Å². The van der Waals surface area contributed by atoms with Crippen LogP contribution in [0, 0.1) is 0 Å². The Hall–Kier alpha value is -3.82. The van der Waals surface area contributed by atoms with E-state index in [2.05, 4.69) is 20.4 Å². The number of amides is 2. The number of nitrogen functional groups attached to an aromatic ring is 1. The fraction of sp³-hybridized carbons (Fsp3) is 0.190. The number of carboxylic acid groups (broad SMARTS) is 1. The molecular formula is C21H18N7O5S3+. The fourth-order valence-electron chi connectivity index (χ4n) is 3.92. The Morgan fingerprint density at radius 3 is 2.69 bits per heavy atom. The third-order valence-electron chi connectivity index (χ3n) is 5.56. The molecule has 2 amide bonds. The number of thiazole rings is 2. The van der Waals surface area contributed by atoms with Gasteiger partial charge in [-0.25, -0.2) is 19.3 Å². The monoisotopic (exact) mass is 544 g/mol. The van der Waals surface area contributed by atoms with Gasteiger partial charge >= 0.3 is 5.97 Å². The van der Waals surface area contributed by atoms with Crippen molar-refractivity contribution in [3.05, 3.63) is 58.4 Å². The first kappa shape index (κ1) is 23.9. The van der Waals surface area contributed by atoms with Crippen LogP contribution in [0.2, 0.25) is 0 Å². The highest BCUT2D eigenvalue weighted by Crippen LogP contribution is 2.40. The number of rotatable bonds is 7. The molecule has 0 bridgehead atoms. The van der Waals surface area contributed by atoms with Gasteiger partial charge < -0.3 is 21.4 Å². The van der Waals surface area contributed by atoms with Crippen LogP contribution >= 0.6 is 34.4 Å². The topological polar surface area (TPSA) is 175 Å². The lowest BCUT2D eigenvalue weighted by atomic mass is 10.0. The van der Waals surface area contributed by atoms with Crippen LogP contribution in [-0.4, -0.2) is 65.8 Å². The van der Waals surface area contributed by atoms with Gasteiger partial charge in [-0.05, 0) is 0 Å². The second kappa shape index (κ2) is 9.67. The van der Waals surface area contributed by atoms with Crippen LogP contribution in [0.5, 0.6) is 0 Å². The summed E-state index contributed by atoms with van der Waals surface area (Å²) in [4.78, 5) is 47.1. The number of hydrogen-bond acceptors (Lipinski definition) is 11. The zero-order chi connectivity index (χ0) is 25.4. The fourth-order valence-corrected chi connectivity index (χ4v) is 6.44. The van der Waals surface area contributed by atoms with E-state index in [0.29, 0.717) is 11.3 Å². The molecule has 3 aromatic rings. The molecule has 0 radical (unpaired) electrons. The molecule has 2 aliphatic rings. The Labute approximate surface area is 215 Å². The maximum Gasteiger partial charge on any atom is 0.352 e. The highest BCUT2D eigenvalue weighted by Gasteiger charge is 2.54. The van der Waals surface area contributed by atoms with E-state index in [-0.39, 0.29) is 28.8 Å². The first-order valence-electron chi connectivity index (χ1n) is 10.4. The summed E-state index contributed by atoms with van der Waals surface area (Å²) in [7, 11) is 0. The van der Waals surface area contributed by atoms with Crippen LogP contribution < -0.4 is 15.6 Å². The van der Waals surface area contributed by atoms with Gasteiger partial charge in [0.25, 0.3) is 11.8 Å². The Morgan fingerprint density at radius 2 is 2.08 bits per heavy atom. The quantitative estimate of drug-likeness (QED) is 0.110. The van der Waals surface area contributed by atoms with Crippen molar-refractivity contribution in [3.63, 3.8) is 0 Å². The lowest BCUT2D eigenvalue weighted by Crippen LogP contribution is -2.71. The van der Waals surface area contributed by atoms with E-state index >= 15 is 0 Å². The number of carboxylic acids is 1. The first-order chi connectivity index (χ1) is 17.4. The van der Waals surface area contributed by atoms with Gasteiger partial charge in [-0.2, -0.15) is 0 Å². The summed E-state index contributed by atoms with van der Waals surface area (Å²) in [5.74, 6) is -2.24. The Kier molecular flexibility index (Phi) is 6.42. The summed E-state index contributed by atoms with van der Waals surface area (Å²) in [5, 5.41) is 28.5. The van der Waals surface area contributed by atoms with Gasteiger partial charge in [-0.3, -0.25) is 14.5 Å². The number of nitrogens with two attached hydrogens (primary N) is 1. The zero-order valence-corrected chi connectivity index (χ0v) is 20.7. The largest absolute Gasteiger partial charge is 0.477 e. The number of nitrogens with zero attached hydrogens (tertiary/aromatic N) is 5. The van der Waals surface area contributed by atoms with Crippen LogP contribution in [0.3, 0.4) is 0 Å². The number of carbonyl (C=O) groups is 3. The summed E-state index contributed by atoms with van der Waals surface area (Å²) >= 11 is 3.94. The molecule has 1 fully saturated rings. The number of β-lactam (4-membered cyclic amide) rings is 1. The van der Waals surface area contributed by atoms with E-state index in [1.807, 2.05) is 34.5 Å². The van der Waals surface area contributed by atoms with E-state index in [1.54, 1.807) is 6.20 Å². The molecule has 15 heteroatoms. The standard InChI is InChI=1S/C21H17N7O5S3/c22-21-24-12(9-36-21)13(26-33)16(29)25-14-18(30)28-15(20(31)32)11(8-35-19(14)28)7-27-4-1-10(2-5-27)17-23-3-6-34-17/h1-6,9,14,19H,7-8H2,(H4-,22,24,25,29,31,32,33)/p+1/t14-,19+/m1/s1. The summed E-state index contributed by atoms with van der Waals surface area (Å²) in [6, 6.07) is 2.82. The van der Waals surface area contributed by atoms with Crippen LogP contribution in [-0.2, 0) is 20.9 Å². The number of anilines is 1. The predicted molar refractivity (Wildman–Crippen MR) is 132 cm³/mol. The van der Waals surface area contributed by atoms with E-state index in [1.165, 1.54) is 33.4 Å². The molecule has 0 aliphatic carbocycles. The first-order valence-corrected chi connectivity index (χ1v) is 13.2. The van der Waals surface area contributed by atoms with Crippen molar-refractivity contribution in [2.45, 2.75) is 18.0 Å². The highest BCUT2D eigenvalue weighted by molar-refractivity contribution is 8.00. The SMILES string of the molecule is Nc1nc(C(=NO)C(=O)N[C@@H]2C(=O)N3C(C(=O)O)=C(C[n+]4ccc(-c5nccs5)cc4)CS[C@@H]23)cs1. The number of nitrogens with one attached hydrogen (secondary N) is 1. The molecule has 0 spiro atoms. The highest BCUT2D eigenvalue weighted by atomic mass is 32.2. The average Bonchev–Trinajstić information content (AvgIpc) is 3.55. The lowest BCUT2D eigenvalue weighted by Gasteiger charge is -2.49. The summed E-state index contributed by atoms with van der Waals surface area (Å²) < 4.78 is 1.84. The van der Waals surface area contributed by atoms with Crippen molar-refractivity contribution in [1.29, 1.82) is 0 Å². The van der Waals surface area contributed by atoms with Gasteiger partial charge in [0.1, 0.15) is 27.8 Å². The van der Waals surface area contributed by atoms with Crippen LogP contribution in [0.1, 0.15) is 5.69 Å². The molecule has 2 atom stereocenters. The number of fused-ring (bicyclic) bond motifs is 1. The van der Waals surface area contributed by atoms with Crippen molar-refractivity contribution < 1.29 is 29.3 Å². The van der Waals surface area contributed by atoms with E-state index in [4.69, 9.17) is 5.73 Å². The van der Waals surface area contributed by atoms with Crippen molar-refractivity contribution >= 4 is 63.1 Å². The lowest BCUT2D eigenvalue weighted by molar-refractivity contribution is -0.689. The van der Waals surface area contributed by atoms with Crippen LogP contribution in [0.4, 0.5) is 5.13 Å². The minimum absolute atomic E-state index is 0.0729. The number of hydrogen-bond donors (Lipinski definition) is 4. The third-order valence-corrected chi connectivity index (χ3v) is 8.40. The van der Waals surface area contributed by atoms with Gasteiger partial charge in [0.15, 0.2) is 29.8 Å². The molecule has 2 aliphatic heterocycles. The maximum atomic E-state index is 12.9. The molecular weight excluding hydrogens is 526 g/mol. The Balaban J connectivity index is 1.32. The van der Waals surface area contributed by atoms with Gasteiger partial charge in [0.05, 0.1) is 0 Å². The van der Waals surface area contributed by atoms with E-state index < -0.39 is 29.2 Å². The number of oxime groups is 1. The number of aromatic nitrogens is 3. The third kappa shape index (κ3) is 4.31. The molecule has 12 nitrogen and oxygen atoms in total.